The SMILES string of the molecule is CCC1(C(=O)N2C[C@@H](O)[C@@H](O)C2)CCNCC1. The van der Waals surface area contributed by atoms with E-state index < -0.39 is 12.2 Å². The van der Waals surface area contributed by atoms with Crippen LogP contribution in [-0.4, -0.2) is 59.4 Å². The van der Waals surface area contributed by atoms with E-state index in [9.17, 15) is 15.0 Å². The third-order valence-corrected chi connectivity index (χ3v) is 4.24. The van der Waals surface area contributed by atoms with Gasteiger partial charge in [-0.2, -0.15) is 0 Å². The number of likely N-dealkylation sites (tertiary alicyclic amines) is 1. The van der Waals surface area contributed by atoms with Gasteiger partial charge in [-0.1, -0.05) is 6.92 Å². The molecule has 2 saturated heterocycles. The van der Waals surface area contributed by atoms with E-state index in [4.69, 9.17) is 0 Å². The van der Waals surface area contributed by atoms with E-state index >= 15 is 0 Å². The molecular weight excluding hydrogens is 220 g/mol. The lowest BCUT2D eigenvalue weighted by atomic mass is 9.75. The summed E-state index contributed by atoms with van der Waals surface area (Å²) >= 11 is 0. The number of carbonyl (C=O) groups excluding carboxylic acids is 1. The molecule has 5 heteroatoms. The predicted molar refractivity (Wildman–Crippen MR) is 63.4 cm³/mol. The van der Waals surface area contributed by atoms with E-state index in [-0.39, 0.29) is 24.4 Å². The number of rotatable bonds is 2. The van der Waals surface area contributed by atoms with Crippen molar-refractivity contribution in [2.75, 3.05) is 26.2 Å². The molecule has 0 aromatic rings. The molecule has 3 N–H and O–H groups in total. The molecular formula is C12H22N2O3. The molecule has 5 nitrogen and oxygen atoms in total. The number of β-amino-alcohol motifs (C(OH)–C–C–N with tert-alkyl or cyclic N) is 2. The number of piperidine rings is 1. The van der Waals surface area contributed by atoms with Crippen molar-refractivity contribution in [2.24, 2.45) is 5.41 Å². The highest BCUT2D eigenvalue weighted by Gasteiger charge is 2.44. The van der Waals surface area contributed by atoms with E-state index in [1.807, 2.05) is 6.92 Å². The van der Waals surface area contributed by atoms with Crippen LogP contribution in [0.2, 0.25) is 0 Å². The largest absolute Gasteiger partial charge is 0.388 e. The van der Waals surface area contributed by atoms with Crippen molar-refractivity contribution in [1.29, 1.82) is 0 Å². The van der Waals surface area contributed by atoms with Crippen LogP contribution in [-0.2, 0) is 4.79 Å². The van der Waals surface area contributed by atoms with Gasteiger partial charge in [0.05, 0.1) is 17.6 Å². The minimum atomic E-state index is -0.783. The Balaban J connectivity index is 2.07. The van der Waals surface area contributed by atoms with Crippen LogP contribution < -0.4 is 5.32 Å². The van der Waals surface area contributed by atoms with E-state index in [0.717, 1.165) is 32.4 Å². The van der Waals surface area contributed by atoms with E-state index in [1.165, 1.54) is 0 Å². The maximum atomic E-state index is 12.5. The Morgan fingerprint density at radius 1 is 1.29 bits per heavy atom. The van der Waals surface area contributed by atoms with Gasteiger partial charge in [0.2, 0.25) is 5.91 Å². The number of aliphatic hydroxyl groups excluding tert-OH is 2. The summed E-state index contributed by atoms with van der Waals surface area (Å²) in [5.41, 5.74) is -0.283. The molecule has 0 aromatic carbocycles. The highest BCUT2D eigenvalue weighted by molar-refractivity contribution is 5.83. The van der Waals surface area contributed by atoms with Crippen molar-refractivity contribution < 1.29 is 15.0 Å². The summed E-state index contributed by atoms with van der Waals surface area (Å²) in [6.07, 6.45) is 0.968. The van der Waals surface area contributed by atoms with Gasteiger partial charge in [-0.3, -0.25) is 4.79 Å². The van der Waals surface area contributed by atoms with Crippen LogP contribution in [0.4, 0.5) is 0 Å². The molecule has 2 fully saturated rings. The molecule has 17 heavy (non-hydrogen) atoms. The first-order valence-corrected chi connectivity index (χ1v) is 6.45. The molecule has 2 rings (SSSR count). The second kappa shape index (κ2) is 4.92. The molecule has 0 saturated carbocycles. The van der Waals surface area contributed by atoms with Crippen LogP contribution in [0.5, 0.6) is 0 Å². The zero-order chi connectivity index (χ0) is 12.5. The van der Waals surface area contributed by atoms with Crippen molar-refractivity contribution in [3.05, 3.63) is 0 Å². The molecule has 2 aliphatic rings. The van der Waals surface area contributed by atoms with Gasteiger partial charge >= 0.3 is 0 Å². The molecule has 2 aliphatic heterocycles. The summed E-state index contributed by atoms with van der Waals surface area (Å²) < 4.78 is 0. The number of hydrogen-bond donors (Lipinski definition) is 3. The Bertz CT molecular complexity index is 279. The maximum Gasteiger partial charge on any atom is 0.229 e. The van der Waals surface area contributed by atoms with E-state index in [2.05, 4.69) is 5.32 Å². The third kappa shape index (κ3) is 2.32. The average Bonchev–Trinajstić information content (AvgIpc) is 2.69. The fraction of sp³-hybridized carbons (Fsp3) is 0.917. The molecule has 1 amide bonds. The summed E-state index contributed by atoms with van der Waals surface area (Å²) in [5, 5.41) is 22.3. The first-order valence-electron chi connectivity index (χ1n) is 6.45. The average molecular weight is 242 g/mol. The van der Waals surface area contributed by atoms with Gasteiger partial charge in [0.15, 0.2) is 0 Å². The van der Waals surface area contributed by atoms with Gasteiger partial charge in [-0.15, -0.1) is 0 Å². The highest BCUT2D eigenvalue weighted by Crippen LogP contribution is 2.35. The van der Waals surface area contributed by atoms with Crippen LogP contribution in [0.3, 0.4) is 0 Å². The van der Waals surface area contributed by atoms with Crippen LogP contribution in [0.25, 0.3) is 0 Å². The standard InChI is InChI=1S/C12H22N2O3/c1-2-12(3-5-13-6-4-12)11(17)14-7-9(15)10(16)8-14/h9-10,13,15-16H,2-8H2,1H3/t9-,10+. The Morgan fingerprint density at radius 3 is 2.29 bits per heavy atom. The minimum absolute atomic E-state index is 0.108. The number of nitrogens with one attached hydrogen (secondary N) is 1. The van der Waals surface area contributed by atoms with Gasteiger partial charge in [0.25, 0.3) is 0 Å². The second-order valence-corrected chi connectivity index (χ2v) is 5.23. The lowest BCUT2D eigenvalue weighted by Gasteiger charge is -2.38. The first kappa shape index (κ1) is 12.8. The van der Waals surface area contributed by atoms with Crippen molar-refractivity contribution in [3.8, 4) is 0 Å². The first-order chi connectivity index (χ1) is 8.09. The van der Waals surface area contributed by atoms with Crippen molar-refractivity contribution >= 4 is 5.91 Å². The molecule has 0 aliphatic carbocycles. The topological polar surface area (TPSA) is 72.8 Å². The highest BCUT2D eigenvalue weighted by atomic mass is 16.3. The number of aliphatic hydroxyl groups is 2. The fourth-order valence-corrected chi connectivity index (χ4v) is 2.89. The summed E-state index contributed by atoms with van der Waals surface area (Å²) in [6, 6.07) is 0. The van der Waals surface area contributed by atoms with Gasteiger partial charge in [0, 0.05) is 13.1 Å². The van der Waals surface area contributed by atoms with Gasteiger partial charge < -0.3 is 20.4 Å². The number of amides is 1. The van der Waals surface area contributed by atoms with Gasteiger partial charge in [-0.25, -0.2) is 0 Å². The van der Waals surface area contributed by atoms with Crippen LogP contribution >= 0.6 is 0 Å². The van der Waals surface area contributed by atoms with Gasteiger partial charge in [-0.05, 0) is 32.4 Å². The number of carbonyl (C=O) groups is 1. The van der Waals surface area contributed by atoms with E-state index in [1.54, 1.807) is 4.90 Å². The summed E-state index contributed by atoms with van der Waals surface area (Å²) in [7, 11) is 0. The molecule has 0 aromatic heterocycles. The number of nitrogens with zero attached hydrogens (tertiary/aromatic N) is 1. The molecule has 2 atom stereocenters. The lowest BCUT2D eigenvalue weighted by molar-refractivity contribution is -0.143. The lowest BCUT2D eigenvalue weighted by Crippen LogP contribution is -2.48. The van der Waals surface area contributed by atoms with Crippen LogP contribution in [0, 0.1) is 5.41 Å². The van der Waals surface area contributed by atoms with E-state index in [0.29, 0.717) is 0 Å². The molecule has 0 spiro atoms. The Hall–Kier alpha value is -0.650. The molecule has 0 radical (unpaired) electrons. The van der Waals surface area contributed by atoms with Crippen molar-refractivity contribution in [2.45, 2.75) is 38.4 Å². The Kier molecular flexibility index (Phi) is 3.70. The zero-order valence-corrected chi connectivity index (χ0v) is 10.4. The van der Waals surface area contributed by atoms with Gasteiger partial charge in [0.1, 0.15) is 0 Å². The number of hydrogen-bond acceptors (Lipinski definition) is 4. The maximum absolute atomic E-state index is 12.5. The van der Waals surface area contributed by atoms with Crippen LogP contribution in [0.1, 0.15) is 26.2 Å². The summed E-state index contributed by atoms with van der Waals surface area (Å²) in [4.78, 5) is 14.1. The quantitative estimate of drug-likeness (QED) is 0.600. The van der Waals surface area contributed by atoms with Crippen molar-refractivity contribution in [1.82, 2.24) is 10.2 Å². The monoisotopic (exact) mass is 242 g/mol. The van der Waals surface area contributed by atoms with Crippen molar-refractivity contribution in [3.63, 3.8) is 0 Å². The molecule has 0 unspecified atom stereocenters. The normalized spacial score (nSPS) is 32.8. The zero-order valence-electron chi connectivity index (χ0n) is 10.4. The molecule has 0 bridgehead atoms. The Morgan fingerprint density at radius 2 is 1.82 bits per heavy atom. The minimum Gasteiger partial charge on any atom is -0.388 e. The second-order valence-electron chi connectivity index (χ2n) is 5.23. The molecule has 98 valence electrons. The molecule has 2 heterocycles. The summed E-state index contributed by atoms with van der Waals surface area (Å²) in [5.74, 6) is 0.108. The fourth-order valence-electron chi connectivity index (χ4n) is 2.89. The summed E-state index contributed by atoms with van der Waals surface area (Å²) in [6.45, 7) is 4.34. The smallest absolute Gasteiger partial charge is 0.229 e. The Labute approximate surface area is 102 Å². The van der Waals surface area contributed by atoms with Crippen LogP contribution in [0.15, 0.2) is 0 Å². The predicted octanol–water partition coefficient (Wildman–Crippen LogP) is -0.670. The third-order valence-electron chi connectivity index (χ3n) is 4.24.